The van der Waals surface area contributed by atoms with Crippen molar-refractivity contribution in [2.75, 3.05) is 0 Å². The van der Waals surface area contributed by atoms with E-state index >= 15 is 0 Å². The van der Waals surface area contributed by atoms with Gasteiger partial charge in [-0.25, -0.2) is 4.98 Å². The lowest BCUT2D eigenvalue weighted by molar-refractivity contribution is 0.567. The predicted octanol–water partition coefficient (Wildman–Crippen LogP) is 2.90. The van der Waals surface area contributed by atoms with E-state index in [1.54, 1.807) is 11.3 Å². The highest BCUT2D eigenvalue weighted by Crippen LogP contribution is 2.25. The van der Waals surface area contributed by atoms with Crippen LogP contribution in [0.3, 0.4) is 0 Å². The first kappa shape index (κ1) is 16.2. The molecule has 4 nitrogen and oxygen atoms in total. The third kappa shape index (κ3) is 3.71. The zero-order valence-corrected chi connectivity index (χ0v) is 14.7. The van der Waals surface area contributed by atoms with Crippen molar-refractivity contribution in [1.29, 1.82) is 0 Å². The van der Waals surface area contributed by atoms with Gasteiger partial charge in [-0.05, 0) is 25.8 Å². The Balaban J connectivity index is 2.05. The van der Waals surface area contributed by atoms with E-state index < -0.39 is 0 Å². The maximum absolute atomic E-state index is 6.33. The maximum Gasteiger partial charge on any atom is 0.0944 e. The van der Waals surface area contributed by atoms with Crippen molar-refractivity contribution in [3.63, 3.8) is 0 Å². The van der Waals surface area contributed by atoms with Crippen LogP contribution in [0.25, 0.3) is 0 Å². The van der Waals surface area contributed by atoms with Crippen LogP contribution in [0.5, 0.6) is 0 Å². The predicted molar refractivity (Wildman–Crippen MR) is 88.9 cm³/mol. The second-order valence-electron chi connectivity index (χ2n) is 6.82. The fourth-order valence-electron chi connectivity index (χ4n) is 2.42. The Morgan fingerprint density at radius 2 is 1.95 bits per heavy atom. The number of hydrogen-bond acceptors (Lipinski definition) is 4. The van der Waals surface area contributed by atoms with Crippen LogP contribution in [0, 0.1) is 13.8 Å². The van der Waals surface area contributed by atoms with Crippen molar-refractivity contribution in [2.45, 2.75) is 58.9 Å². The number of nitrogens with two attached hydrogens (primary N) is 1. The Hall–Kier alpha value is -1.20. The highest BCUT2D eigenvalue weighted by molar-refractivity contribution is 7.09. The van der Waals surface area contributed by atoms with Gasteiger partial charge >= 0.3 is 0 Å². The summed E-state index contributed by atoms with van der Waals surface area (Å²) in [5, 5.41) is 7.74. The number of aromatic nitrogens is 3. The minimum atomic E-state index is 0.0885. The number of hydrogen-bond donors (Lipinski definition) is 1. The standard InChI is InChI=1S/C16H26N4S/c1-10-13(11(2)20(6)19-10)7-12(17)8-15-18-14(9-21-15)16(3,4)5/h9,12H,7-8,17H2,1-6H3. The van der Waals surface area contributed by atoms with E-state index in [0.29, 0.717) is 0 Å². The summed E-state index contributed by atoms with van der Waals surface area (Å²) in [4.78, 5) is 4.73. The molecule has 0 saturated heterocycles. The topological polar surface area (TPSA) is 56.7 Å². The Bertz CT molecular complexity index is 619. The fraction of sp³-hybridized carbons (Fsp3) is 0.625. The van der Waals surface area contributed by atoms with Gasteiger partial charge in [-0.3, -0.25) is 4.68 Å². The smallest absolute Gasteiger partial charge is 0.0944 e. The first-order valence-electron chi connectivity index (χ1n) is 7.38. The van der Waals surface area contributed by atoms with Crippen LogP contribution in [-0.2, 0) is 25.3 Å². The van der Waals surface area contributed by atoms with Crippen LogP contribution in [-0.4, -0.2) is 20.8 Å². The van der Waals surface area contributed by atoms with Gasteiger partial charge in [0.25, 0.3) is 0 Å². The molecule has 2 aromatic heterocycles. The van der Waals surface area contributed by atoms with Crippen LogP contribution < -0.4 is 5.73 Å². The molecular weight excluding hydrogens is 280 g/mol. The van der Waals surface area contributed by atoms with Crippen LogP contribution >= 0.6 is 11.3 Å². The molecule has 5 heteroatoms. The van der Waals surface area contributed by atoms with Gasteiger partial charge < -0.3 is 5.73 Å². The number of rotatable bonds is 4. The van der Waals surface area contributed by atoms with Gasteiger partial charge in [-0.1, -0.05) is 20.8 Å². The summed E-state index contributed by atoms with van der Waals surface area (Å²) in [5.74, 6) is 0. The van der Waals surface area contributed by atoms with Crippen molar-refractivity contribution in [3.05, 3.63) is 33.0 Å². The molecule has 116 valence electrons. The molecule has 0 bridgehead atoms. The van der Waals surface area contributed by atoms with Crippen LogP contribution in [0.2, 0.25) is 0 Å². The minimum absolute atomic E-state index is 0.0885. The van der Waals surface area contributed by atoms with Gasteiger partial charge in [0.05, 0.1) is 16.4 Å². The Labute approximate surface area is 131 Å². The molecule has 2 N–H and O–H groups in total. The van der Waals surface area contributed by atoms with Crippen molar-refractivity contribution in [2.24, 2.45) is 12.8 Å². The van der Waals surface area contributed by atoms with E-state index in [2.05, 4.69) is 45.1 Å². The molecule has 1 unspecified atom stereocenters. The zero-order chi connectivity index (χ0) is 15.8. The van der Waals surface area contributed by atoms with Crippen molar-refractivity contribution < 1.29 is 0 Å². The highest BCUT2D eigenvalue weighted by Gasteiger charge is 2.19. The lowest BCUT2D eigenvalue weighted by Crippen LogP contribution is -2.26. The first-order chi connectivity index (χ1) is 9.68. The second-order valence-corrected chi connectivity index (χ2v) is 7.76. The van der Waals surface area contributed by atoms with Crippen molar-refractivity contribution in [3.8, 4) is 0 Å². The molecule has 0 aliphatic heterocycles. The number of aryl methyl sites for hydroxylation is 2. The molecular formula is C16H26N4S. The third-order valence-electron chi connectivity index (χ3n) is 3.88. The molecule has 0 aliphatic carbocycles. The van der Waals surface area contributed by atoms with E-state index in [1.807, 2.05) is 11.7 Å². The molecule has 1 atom stereocenters. The van der Waals surface area contributed by atoms with Crippen LogP contribution in [0.15, 0.2) is 5.38 Å². The van der Waals surface area contributed by atoms with Crippen LogP contribution in [0.4, 0.5) is 0 Å². The molecule has 21 heavy (non-hydrogen) atoms. The molecule has 2 heterocycles. The number of thiazole rings is 1. The van der Waals surface area contributed by atoms with Gasteiger partial charge in [-0.2, -0.15) is 5.10 Å². The summed E-state index contributed by atoms with van der Waals surface area (Å²) in [6.07, 6.45) is 1.68. The Kier molecular flexibility index (Phi) is 4.54. The summed E-state index contributed by atoms with van der Waals surface area (Å²) >= 11 is 1.72. The molecule has 0 radical (unpaired) electrons. The molecule has 0 aliphatic rings. The molecule has 2 rings (SSSR count). The van der Waals surface area contributed by atoms with Crippen LogP contribution in [0.1, 0.15) is 48.4 Å². The molecule has 0 amide bonds. The van der Waals surface area contributed by atoms with Gasteiger partial charge in [0, 0.05) is 36.0 Å². The molecule has 2 aromatic rings. The average molecular weight is 306 g/mol. The lowest BCUT2D eigenvalue weighted by Gasteiger charge is -2.14. The van der Waals surface area contributed by atoms with Gasteiger partial charge in [0.1, 0.15) is 0 Å². The first-order valence-corrected chi connectivity index (χ1v) is 8.26. The van der Waals surface area contributed by atoms with Gasteiger partial charge in [0.15, 0.2) is 0 Å². The Morgan fingerprint density at radius 3 is 2.43 bits per heavy atom. The van der Waals surface area contributed by atoms with E-state index in [-0.39, 0.29) is 11.5 Å². The van der Waals surface area contributed by atoms with E-state index in [1.165, 1.54) is 11.3 Å². The zero-order valence-electron chi connectivity index (χ0n) is 13.9. The van der Waals surface area contributed by atoms with E-state index in [9.17, 15) is 0 Å². The highest BCUT2D eigenvalue weighted by atomic mass is 32.1. The molecule has 0 aromatic carbocycles. The summed E-state index contributed by atoms with van der Waals surface area (Å²) in [6, 6.07) is 0.0885. The number of nitrogens with zero attached hydrogens (tertiary/aromatic N) is 3. The summed E-state index contributed by atoms with van der Waals surface area (Å²) in [5.41, 5.74) is 11.2. The SMILES string of the molecule is Cc1nn(C)c(C)c1CC(N)Cc1nc(C(C)(C)C)cs1. The normalized spacial score (nSPS) is 13.7. The maximum atomic E-state index is 6.33. The van der Waals surface area contributed by atoms with Crippen molar-refractivity contribution >= 4 is 11.3 Å². The van der Waals surface area contributed by atoms with Gasteiger partial charge in [0.2, 0.25) is 0 Å². The third-order valence-corrected chi connectivity index (χ3v) is 4.75. The molecule has 0 spiro atoms. The quantitative estimate of drug-likeness (QED) is 0.945. The fourth-order valence-corrected chi connectivity index (χ4v) is 3.54. The molecule has 0 fully saturated rings. The monoisotopic (exact) mass is 306 g/mol. The Morgan fingerprint density at radius 1 is 1.29 bits per heavy atom. The van der Waals surface area contributed by atoms with E-state index in [0.717, 1.165) is 29.2 Å². The minimum Gasteiger partial charge on any atom is -0.327 e. The van der Waals surface area contributed by atoms with Crippen molar-refractivity contribution in [1.82, 2.24) is 14.8 Å². The largest absolute Gasteiger partial charge is 0.327 e. The lowest BCUT2D eigenvalue weighted by atomic mass is 9.93. The summed E-state index contributed by atoms with van der Waals surface area (Å²) < 4.78 is 1.93. The van der Waals surface area contributed by atoms with E-state index in [4.69, 9.17) is 10.7 Å². The van der Waals surface area contributed by atoms with Gasteiger partial charge in [-0.15, -0.1) is 11.3 Å². The summed E-state index contributed by atoms with van der Waals surface area (Å²) in [6.45, 7) is 10.7. The average Bonchev–Trinajstić information content (AvgIpc) is 2.90. The summed E-state index contributed by atoms with van der Waals surface area (Å²) in [7, 11) is 1.98. The molecule has 0 saturated carbocycles. The second kappa shape index (κ2) is 5.89.